The van der Waals surface area contributed by atoms with Crippen molar-refractivity contribution in [1.82, 2.24) is 0 Å². The minimum atomic E-state index is -0.899. The van der Waals surface area contributed by atoms with E-state index in [0.29, 0.717) is 10.6 Å². The number of thiophene rings is 1. The molecule has 0 aliphatic rings. The Morgan fingerprint density at radius 3 is 2.56 bits per heavy atom. The van der Waals surface area contributed by atoms with Gasteiger partial charge in [-0.05, 0) is 5.56 Å². The lowest BCUT2D eigenvalue weighted by Gasteiger charge is -2.02. The van der Waals surface area contributed by atoms with Crippen LogP contribution in [-0.2, 0) is 0 Å². The number of carbonyl (C=O) groups is 1. The van der Waals surface area contributed by atoms with Crippen molar-refractivity contribution in [3.8, 4) is 11.1 Å². The molecule has 0 radical (unpaired) electrons. The number of benzene rings is 1. The van der Waals surface area contributed by atoms with Gasteiger partial charge in [0.15, 0.2) is 0 Å². The molecule has 0 unspecified atom stereocenters. The second-order valence-electron chi connectivity index (χ2n) is 3.27. The number of aromatic carboxylic acids is 1. The van der Waals surface area contributed by atoms with Crippen LogP contribution in [0.25, 0.3) is 11.1 Å². The van der Waals surface area contributed by atoms with Crippen LogP contribution in [0.3, 0.4) is 0 Å². The molecule has 0 fully saturated rings. The van der Waals surface area contributed by atoms with E-state index in [-0.39, 0.29) is 0 Å². The maximum Gasteiger partial charge on any atom is 0.339 e. The number of carboxylic acid groups (broad SMARTS) is 1. The van der Waals surface area contributed by atoms with E-state index in [0.717, 1.165) is 11.1 Å². The molecule has 16 heavy (non-hydrogen) atoms. The van der Waals surface area contributed by atoms with Crippen LogP contribution in [0, 0.1) is 0 Å². The smallest absolute Gasteiger partial charge is 0.339 e. The van der Waals surface area contributed by atoms with Crippen molar-refractivity contribution in [2.45, 2.75) is 0 Å². The molecule has 0 saturated heterocycles. The molecule has 0 aliphatic carbocycles. The Bertz CT molecular complexity index is 505. The fourth-order valence-corrected chi connectivity index (χ4v) is 2.51. The summed E-state index contributed by atoms with van der Waals surface area (Å²) in [5.74, 6) is -0.899. The molecular weight excluding hydrogens is 222 g/mol. The van der Waals surface area contributed by atoms with E-state index in [1.807, 2.05) is 35.7 Å². The monoisotopic (exact) mass is 233 g/mol. The molecule has 1 aromatic heterocycles. The average Bonchev–Trinajstić information content (AvgIpc) is 2.73. The highest BCUT2D eigenvalue weighted by atomic mass is 32.1. The zero-order valence-electron chi connectivity index (χ0n) is 8.73. The van der Waals surface area contributed by atoms with Gasteiger partial charge in [-0.25, -0.2) is 4.79 Å². The van der Waals surface area contributed by atoms with E-state index < -0.39 is 5.97 Å². The zero-order valence-corrected chi connectivity index (χ0v) is 9.54. The van der Waals surface area contributed by atoms with Gasteiger partial charge in [0.2, 0.25) is 0 Å². The summed E-state index contributed by atoms with van der Waals surface area (Å²) in [6, 6.07) is 9.53. The van der Waals surface area contributed by atoms with Gasteiger partial charge in [0, 0.05) is 18.0 Å². The third-order valence-electron chi connectivity index (χ3n) is 2.32. The SMILES string of the molecule is CNc1scc(-c2ccccc2)c1C(=O)O. The molecule has 0 bridgehead atoms. The number of hydrogen-bond acceptors (Lipinski definition) is 3. The van der Waals surface area contributed by atoms with Crippen LogP contribution in [-0.4, -0.2) is 18.1 Å². The minimum absolute atomic E-state index is 0.346. The first-order chi connectivity index (χ1) is 7.74. The van der Waals surface area contributed by atoms with Gasteiger partial charge in [-0.3, -0.25) is 0 Å². The Hall–Kier alpha value is -1.81. The van der Waals surface area contributed by atoms with E-state index in [1.165, 1.54) is 11.3 Å². The fourth-order valence-electron chi connectivity index (χ4n) is 1.58. The van der Waals surface area contributed by atoms with E-state index in [9.17, 15) is 9.90 Å². The third-order valence-corrected chi connectivity index (χ3v) is 3.31. The highest BCUT2D eigenvalue weighted by molar-refractivity contribution is 7.15. The van der Waals surface area contributed by atoms with Crippen LogP contribution < -0.4 is 5.32 Å². The van der Waals surface area contributed by atoms with E-state index in [1.54, 1.807) is 7.05 Å². The van der Waals surface area contributed by atoms with Crippen molar-refractivity contribution in [3.05, 3.63) is 41.3 Å². The summed E-state index contributed by atoms with van der Waals surface area (Å²) in [6.07, 6.45) is 0. The summed E-state index contributed by atoms with van der Waals surface area (Å²) < 4.78 is 0. The van der Waals surface area contributed by atoms with Crippen LogP contribution in [0.5, 0.6) is 0 Å². The quantitative estimate of drug-likeness (QED) is 0.856. The van der Waals surface area contributed by atoms with Crippen LogP contribution in [0.2, 0.25) is 0 Å². The van der Waals surface area contributed by atoms with Crippen LogP contribution >= 0.6 is 11.3 Å². The molecule has 82 valence electrons. The largest absolute Gasteiger partial charge is 0.478 e. The van der Waals surface area contributed by atoms with Crippen molar-refractivity contribution >= 4 is 22.3 Å². The Kier molecular flexibility index (Phi) is 2.92. The topological polar surface area (TPSA) is 49.3 Å². The van der Waals surface area contributed by atoms with Gasteiger partial charge in [0.05, 0.1) is 0 Å². The van der Waals surface area contributed by atoms with Crippen LogP contribution in [0.1, 0.15) is 10.4 Å². The lowest BCUT2D eigenvalue weighted by Crippen LogP contribution is -2.00. The van der Waals surface area contributed by atoms with Gasteiger partial charge >= 0.3 is 5.97 Å². The third kappa shape index (κ3) is 1.79. The molecule has 2 N–H and O–H groups in total. The van der Waals surface area contributed by atoms with Crippen molar-refractivity contribution in [1.29, 1.82) is 0 Å². The summed E-state index contributed by atoms with van der Waals surface area (Å²) in [4.78, 5) is 11.2. The standard InChI is InChI=1S/C12H11NO2S/c1-13-11-10(12(14)15)9(7-16-11)8-5-3-2-4-6-8/h2-7,13H,1H3,(H,14,15). The number of rotatable bonds is 3. The summed E-state index contributed by atoms with van der Waals surface area (Å²) in [5, 5.41) is 14.7. The molecule has 1 aromatic carbocycles. The van der Waals surface area contributed by atoms with Gasteiger partial charge in [-0.2, -0.15) is 0 Å². The van der Waals surface area contributed by atoms with Gasteiger partial charge in [-0.1, -0.05) is 30.3 Å². The Morgan fingerprint density at radius 2 is 2.00 bits per heavy atom. The lowest BCUT2D eigenvalue weighted by molar-refractivity contribution is 0.0699. The molecule has 0 spiro atoms. The molecule has 3 nitrogen and oxygen atoms in total. The van der Waals surface area contributed by atoms with Crippen LogP contribution in [0.4, 0.5) is 5.00 Å². The summed E-state index contributed by atoms with van der Waals surface area (Å²) in [5.41, 5.74) is 2.04. The number of hydrogen-bond donors (Lipinski definition) is 2. The zero-order chi connectivity index (χ0) is 11.5. The molecule has 0 aliphatic heterocycles. The molecule has 1 heterocycles. The second-order valence-corrected chi connectivity index (χ2v) is 4.15. The molecule has 0 amide bonds. The highest BCUT2D eigenvalue weighted by Crippen LogP contribution is 2.34. The van der Waals surface area contributed by atoms with E-state index in [4.69, 9.17) is 0 Å². The van der Waals surface area contributed by atoms with Crippen molar-refractivity contribution in [3.63, 3.8) is 0 Å². The maximum atomic E-state index is 11.2. The van der Waals surface area contributed by atoms with Crippen molar-refractivity contribution in [2.75, 3.05) is 12.4 Å². The number of anilines is 1. The Morgan fingerprint density at radius 1 is 1.31 bits per heavy atom. The van der Waals surface area contributed by atoms with E-state index in [2.05, 4.69) is 5.32 Å². The predicted octanol–water partition coefficient (Wildman–Crippen LogP) is 3.16. The number of nitrogens with one attached hydrogen (secondary N) is 1. The number of carboxylic acids is 1. The van der Waals surface area contributed by atoms with Crippen LogP contribution in [0.15, 0.2) is 35.7 Å². The van der Waals surface area contributed by atoms with Crippen molar-refractivity contribution in [2.24, 2.45) is 0 Å². The van der Waals surface area contributed by atoms with Gasteiger partial charge in [-0.15, -0.1) is 11.3 Å². The van der Waals surface area contributed by atoms with E-state index >= 15 is 0 Å². The molecule has 0 atom stereocenters. The Balaban J connectivity index is 2.58. The maximum absolute atomic E-state index is 11.2. The molecule has 2 rings (SSSR count). The summed E-state index contributed by atoms with van der Waals surface area (Å²) in [7, 11) is 1.73. The van der Waals surface area contributed by atoms with Crippen molar-refractivity contribution < 1.29 is 9.90 Å². The summed E-state index contributed by atoms with van der Waals surface area (Å²) >= 11 is 1.41. The average molecular weight is 233 g/mol. The van der Waals surface area contributed by atoms with Gasteiger partial charge < -0.3 is 10.4 Å². The first kappa shape index (κ1) is 10.7. The van der Waals surface area contributed by atoms with Gasteiger partial charge in [0.1, 0.15) is 10.6 Å². The predicted molar refractivity (Wildman–Crippen MR) is 66.3 cm³/mol. The minimum Gasteiger partial charge on any atom is -0.478 e. The fraction of sp³-hybridized carbons (Fsp3) is 0.0833. The van der Waals surface area contributed by atoms with Gasteiger partial charge in [0.25, 0.3) is 0 Å². The molecule has 0 saturated carbocycles. The lowest BCUT2D eigenvalue weighted by atomic mass is 10.0. The first-order valence-electron chi connectivity index (χ1n) is 4.82. The second kappa shape index (κ2) is 4.37. The summed E-state index contributed by atoms with van der Waals surface area (Å²) in [6.45, 7) is 0. The molecule has 2 aromatic rings. The first-order valence-corrected chi connectivity index (χ1v) is 5.70. The molecule has 4 heteroatoms. The molecular formula is C12H11NO2S. The normalized spacial score (nSPS) is 10.1. The highest BCUT2D eigenvalue weighted by Gasteiger charge is 2.18. The Labute approximate surface area is 97.4 Å².